The van der Waals surface area contributed by atoms with Crippen LogP contribution >= 0.6 is 15.9 Å². The van der Waals surface area contributed by atoms with Gasteiger partial charge in [0.2, 0.25) is 0 Å². The highest BCUT2D eigenvalue weighted by Gasteiger charge is 2.15. The molecule has 0 radical (unpaired) electrons. The van der Waals surface area contributed by atoms with E-state index < -0.39 is 5.97 Å². The third kappa shape index (κ3) is 3.20. The lowest BCUT2D eigenvalue weighted by Gasteiger charge is -2.11. The zero-order chi connectivity index (χ0) is 14.7. The van der Waals surface area contributed by atoms with Crippen molar-refractivity contribution in [2.24, 2.45) is 0 Å². The van der Waals surface area contributed by atoms with Crippen LogP contribution in [0.25, 0.3) is 0 Å². The SMILES string of the molecule is CC(C)c1ccc(Oc2cccc(Br)c2C(=O)O)cc1. The topological polar surface area (TPSA) is 46.5 Å². The Labute approximate surface area is 126 Å². The third-order valence-corrected chi connectivity index (χ3v) is 3.62. The highest BCUT2D eigenvalue weighted by atomic mass is 79.9. The van der Waals surface area contributed by atoms with E-state index in [0.717, 1.165) is 0 Å². The van der Waals surface area contributed by atoms with Gasteiger partial charge >= 0.3 is 5.97 Å². The van der Waals surface area contributed by atoms with Gasteiger partial charge in [0.25, 0.3) is 0 Å². The van der Waals surface area contributed by atoms with Gasteiger partial charge in [0, 0.05) is 4.47 Å². The summed E-state index contributed by atoms with van der Waals surface area (Å²) in [7, 11) is 0. The standard InChI is InChI=1S/C16H15BrO3/c1-10(2)11-6-8-12(9-7-11)20-14-5-3-4-13(17)15(14)16(18)19/h3-10H,1-2H3,(H,18,19). The maximum absolute atomic E-state index is 11.3. The van der Waals surface area contributed by atoms with Crippen molar-refractivity contribution in [3.05, 3.63) is 58.1 Å². The van der Waals surface area contributed by atoms with Crippen molar-refractivity contribution in [1.82, 2.24) is 0 Å². The second-order valence-corrected chi connectivity index (χ2v) is 5.60. The van der Waals surface area contributed by atoms with Gasteiger partial charge in [0.15, 0.2) is 0 Å². The Morgan fingerprint density at radius 1 is 1.15 bits per heavy atom. The summed E-state index contributed by atoms with van der Waals surface area (Å²) in [6.45, 7) is 4.24. The van der Waals surface area contributed by atoms with Crippen LogP contribution in [0.2, 0.25) is 0 Å². The van der Waals surface area contributed by atoms with Crippen LogP contribution in [0.4, 0.5) is 0 Å². The molecule has 0 aliphatic heterocycles. The monoisotopic (exact) mass is 334 g/mol. The summed E-state index contributed by atoms with van der Waals surface area (Å²) in [6.07, 6.45) is 0. The Kier molecular flexibility index (Phi) is 4.45. The molecule has 4 heteroatoms. The van der Waals surface area contributed by atoms with E-state index in [0.29, 0.717) is 21.9 Å². The number of ether oxygens (including phenoxy) is 1. The Bertz CT molecular complexity index is 618. The van der Waals surface area contributed by atoms with Crippen LogP contribution in [0.15, 0.2) is 46.9 Å². The molecule has 0 atom stereocenters. The van der Waals surface area contributed by atoms with E-state index in [4.69, 9.17) is 4.74 Å². The molecule has 2 aromatic rings. The van der Waals surface area contributed by atoms with E-state index in [2.05, 4.69) is 29.8 Å². The van der Waals surface area contributed by atoms with Crippen LogP contribution in [-0.2, 0) is 0 Å². The average Bonchev–Trinajstić information content (AvgIpc) is 2.39. The van der Waals surface area contributed by atoms with E-state index in [1.165, 1.54) is 5.56 Å². The summed E-state index contributed by atoms with van der Waals surface area (Å²) in [4.78, 5) is 11.3. The Hall–Kier alpha value is -1.81. The minimum Gasteiger partial charge on any atom is -0.478 e. The predicted molar refractivity (Wildman–Crippen MR) is 81.7 cm³/mol. The van der Waals surface area contributed by atoms with Crippen molar-refractivity contribution < 1.29 is 14.6 Å². The van der Waals surface area contributed by atoms with E-state index >= 15 is 0 Å². The summed E-state index contributed by atoms with van der Waals surface area (Å²) >= 11 is 3.23. The third-order valence-electron chi connectivity index (χ3n) is 2.96. The lowest BCUT2D eigenvalue weighted by atomic mass is 10.0. The van der Waals surface area contributed by atoms with Gasteiger partial charge in [-0.15, -0.1) is 0 Å². The van der Waals surface area contributed by atoms with E-state index in [-0.39, 0.29) is 5.56 Å². The van der Waals surface area contributed by atoms with Crippen molar-refractivity contribution in [3.8, 4) is 11.5 Å². The van der Waals surface area contributed by atoms with Crippen molar-refractivity contribution in [3.63, 3.8) is 0 Å². The number of halogens is 1. The van der Waals surface area contributed by atoms with Crippen LogP contribution in [-0.4, -0.2) is 11.1 Å². The van der Waals surface area contributed by atoms with Crippen LogP contribution in [0, 0.1) is 0 Å². The van der Waals surface area contributed by atoms with Crippen molar-refractivity contribution in [2.45, 2.75) is 19.8 Å². The fourth-order valence-electron chi connectivity index (χ4n) is 1.84. The molecule has 0 saturated heterocycles. The number of carbonyl (C=O) groups is 1. The number of benzene rings is 2. The first-order valence-electron chi connectivity index (χ1n) is 6.28. The number of carboxylic acids is 1. The van der Waals surface area contributed by atoms with Gasteiger partial charge in [-0.3, -0.25) is 0 Å². The molecule has 0 amide bonds. The molecule has 0 bridgehead atoms. The van der Waals surface area contributed by atoms with Gasteiger partial charge in [-0.05, 0) is 51.7 Å². The second kappa shape index (κ2) is 6.09. The van der Waals surface area contributed by atoms with Crippen LogP contribution in [0.5, 0.6) is 11.5 Å². The molecule has 0 fully saturated rings. The number of hydrogen-bond donors (Lipinski definition) is 1. The summed E-state index contributed by atoms with van der Waals surface area (Å²) in [5.41, 5.74) is 1.34. The molecule has 0 aliphatic carbocycles. The molecule has 1 N–H and O–H groups in total. The molecule has 2 rings (SSSR count). The predicted octanol–water partition coefficient (Wildman–Crippen LogP) is 5.06. The van der Waals surface area contributed by atoms with Gasteiger partial charge < -0.3 is 9.84 Å². The zero-order valence-corrected chi connectivity index (χ0v) is 12.8. The van der Waals surface area contributed by atoms with Gasteiger partial charge in [-0.2, -0.15) is 0 Å². The molecule has 0 heterocycles. The maximum Gasteiger partial charge on any atom is 0.340 e. The molecular weight excluding hydrogens is 320 g/mol. The summed E-state index contributed by atoms with van der Waals surface area (Å²) in [5.74, 6) is 0.370. The zero-order valence-electron chi connectivity index (χ0n) is 11.3. The molecule has 0 aliphatic rings. The Balaban J connectivity index is 2.30. The minimum absolute atomic E-state index is 0.125. The summed E-state index contributed by atoms with van der Waals surface area (Å²) in [6, 6.07) is 12.7. The van der Waals surface area contributed by atoms with Crippen LogP contribution in [0.3, 0.4) is 0 Å². The van der Waals surface area contributed by atoms with Gasteiger partial charge in [0.1, 0.15) is 17.1 Å². The molecular formula is C16H15BrO3. The van der Waals surface area contributed by atoms with E-state index in [1.54, 1.807) is 18.2 Å². The molecule has 2 aromatic carbocycles. The fourth-order valence-corrected chi connectivity index (χ4v) is 2.36. The normalized spacial score (nSPS) is 10.6. The van der Waals surface area contributed by atoms with Crippen LogP contribution in [0.1, 0.15) is 35.7 Å². The summed E-state index contributed by atoms with van der Waals surface area (Å²) < 4.78 is 6.18. The molecule has 20 heavy (non-hydrogen) atoms. The van der Waals surface area contributed by atoms with Crippen LogP contribution < -0.4 is 4.74 Å². The van der Waals surface area contributed by atoms with E-state index in [1.807, 2.05) is 24.3 Å². The Morgan fingerprint density at radius 2 is 1.80 bits per heavy atom. The summed E-state index contributed by atoms with van der Waals surface area (Å²) in [5, 5.41) is 9.23. The quantitative estimate of drug-likeness (QED) is 0.849. The number of aromatic carboxylic acids is 1. The highest BCUT2D eigenvalue weighted by Crippen LogP contribution is 2.31. The smallest absolute Gasteiger partial charge is 0.340 e. The van der Waals surface area contributed by atoms with Gasteiger partial charge in [0.05, 0.1) is 0 Å². The largest absolute Gasteiger partial charge is 0.478 e. The minimum atomic E-state index is -1.02. The van der Waals surface area contributed by atoms with E-state index in [9.17, 15) is 9.90 Å². The lowest BCUT2D eigenvalue weighted by Crippen LogP contribution is -2.01. The number of rotatable bonds is 4. The fraction of sp³-hybridized carbons (Fsp3) is 0.188. The number of hydrogen-bond acceptors (Lipinski definition) is 2. The highest BCUT2D eigenvalue weighted by molar-refractivity contribution is 9.10. The number of carboxylic acid groups (broad SMARTS) is 1. The van der Waals surface area contributed by atoms with Crippen molar-refractivity contribution in [2.75, 3.05) is 0 Å². The second-order valence-electron chi connectivity index (χ2n) is 4.74. The molecule has 0 saturated carbocycles. The van der Waals surface area contributed by atoms with Crippen molar-refractivity contribution >= 4 is 21.9 Å². The average molecular weight is 335 g/mol. The first kappa shape index (κ1) is 14.6. The lowest BCUT2D eigenvalue weighted by molar-refractivity contribution is 0.0693. The van der Waals surface area contributed by atoms with Crippen molar-refractivity contribution in [1.29, 1.82) is 0 Å². The molecule has 0 spiro atoms. The maximum atomic E-state index is 11.3. The first-order valence-corrected chi connectivity index (χ1v) is 7.08. The molecule has 0 aromatic heterocycles. The molecule has 0 unspecified atom stereocenters. The molecule has 3 nitrogen and oxygen atoms in total. The first-order chi connectivity index (χ1) is 9.49. The molecule has 104 valence electrons. The Morgan fingerprint density at radius 3 is 2.35 bits per heavy atom. The van der Waals surface area contributed by atoms with Gasteiger partial charge in [-0.25, -0.2) is 4.79 Å². The van der Waals surface area contributed by atoms with Gasteiger partial charge in [-0.1, -0.05) is 32.0 Å².